The van der Waals surface area contributed by atoms with Crippen LogP contribution < -0.4 is 10.6 Å². The number of halogens is 1. The van der Waals surface area contributed by atoms with Crippen molar-refractivity contribution in [1.82, 2.24) is 25.4 Å². The molecule has 3 rings (SSSR count). The molecule has 7 nitrogen and oxygen atoms in total. The van der Waals surface area contributed by atoms with Gasteiger partial charge in [0.05, 0.1) is 5.75 Å². The van der Waals surface area contributed by atoms with Crippen molar-refractivity contribution in [2.75, 3.05) is 12.3 Å². The van der Waals surface area contributed by atoms with E-state index < -0.39 is 11.9 Å². The zero-order valence-electron chi connectivity index (χ0n) is 15.3. The van der Waals surface area contributed by atoms with Gasteiger partial charge in [-0.05, 0) is 36.4 Å². The molecular formula is C20H18ClN5O2S. The number of aromatic nitrogens is 3. The molecule has 1 heterocycles. The summed E-state index contributed by atoms with van der Waals surface area (Å²) in [6.07, 6.45) is 1.53. The molecule has 3 aromatic rings. The van der Waals surface area contributed by atoms with E-state index in [0.29, 0.717) is 16.0 Å². The van der Waals surface area contributed by atoms with Crippen molar-refractivity contribution in [2.24, 2.45) is 0 Å². The lowest BCUT2D eigenvalue weighted by Gasteiger charge is -2.10. The number of carbonyl (C=O) groups is 2. The number of amides is 3. The van der Waals surface area contributed by atoms with E-state index in [1.807, 2.05) is 47.0 Å². The first-order valence-corrected chi connectivity index (χ1v) is 10.0. The van der Waals surface area contributed by atoms with E-state index in [2.05, 4.69) is 27.4 Å². The highest BCUT2D eigenvalue weighted by atomic mass is 35.5. The van der Waals surface area contributed by atoms with Crippen LogP contribution in [0, 0.1) is 0 Å². The van der Waals surface area contributed by atoms with Crippen LogP contribution in [-0.4, -0.2) is 39.0 Å². The van der Waals surface area contributed by atoms with Crippen molar-refractivity contribution in [3.63, 3.8) is 0 Å². The minimum absolute atomic E-state index is 0.00704. The number of benzene rings is 2. The second-order valence-electron chi connectivity index (χ2n) is 5.82. The topological polar surface area (TPSA) is 88.9 Å². The Bertz CT molecular complexity index is 1010. The lowest BCUT2D eigenvalue weighted by atomic mass is 10.2. The highest BCUT2D eigenvalue weighted by Gasteiger charge is 2.17. The van der Waals surface area contributed by atoms with Crippen LogP contribution in [0.25, 0.3) is 17.1 Å². The SMILES string of the molecule is C=CCNC(=O)NC(=O)CSc1nnc(-c2ccc(Cl)cc2)n1-c1ccccc1. The van der Waals surface area contributed by atoms with Crippen LogP contribution in [0.15, 0.2) is 72.4 Å². The van der Waals surface area contributed by atoms with Crippen LogP contribution in [-0.2, 0) is 4.79 Å². The molecule has 0 fully saturated rings. The molecule has 3 amide bonds. The van der Waals surface area contributed by atoms with E-state index in [9.17, 15) is 9.59 Å². The van der Waals surface area contributed by atoms with Crippen LogP contribution in [0.1, 0.15) is 0 Å². The Kier molecular flexibility index (Phi) is 7.04. The van der Waals surface area contributed by atoms with Crippen LogP contribution in [0.5, 0.6) is 0 Å². The Labute approximate surface area is 177 Å². The number of urea groups is 1. The molecular weight excluding hydrogens is 410 g/mol. The van der Waals surface area contributed by atoms with Gasteiger partial charge in [-0.25, -0.2) is 4.79 Å². The zero-order valence-corrected chi connectivity index (χ0v) is 16.9. The van der Waals surface area contributed by atoms with E-state index in [-0.39, 0.29) is 12.3 Å². The molecule has 0 atom stereocenters. The number of hydrogen-bond donors (Lipinski definition) is 2. The van der Waals surface area contributed by atoms with Gasteiger partial charge < -0.3 is 5.32 Å². The molecule has 0 aliphatic carbocycles. The minimum Gasteiger partial charge on any atom is -0.334 e. The monoisotopic (exact) mass is 427 g/mol. The normalized spacial score (nSPS) is 10.4. The molecule has 0 aliphatic heterocycles. The van der Waals surface area contributed by atoms with Crippen molar-refractivity contribution in [3.8, 4) is 17.1 Å². The molecule has 0 saturated carbocycles. The minimum atomic E-state index is -0.568. The first-order chi connectivity index (χ1) is 14.1. The van der Waals surface area contributed by atoms with Crippen LogP contribution in [0.3, 0.4) is 0 Å². The van der Waals surface area contributed by atoms with Gasteiger partial charge in [-0.15, -0.1) is 16.8 Å². The van der Waals surface area contributed by atoms with Crippen LogP contribution in [0.4, 0.5) is 4.79 Å². The smallest absolute Gasteiger partial charge is 0.321 e. The fourth-order valence-electron chi connectivity index (χ4n) is 2.46. The first kappa shape index (κ1) is 20.6. The van der Waals surface area contributed by atoms with Gasteiger partial charge in [0, 0.05) is 22.8 Å². The number of nitrogens with zero attached hydrogens (tertiary/aromatic N) is 3. The molecule has 29 heavy (non-hydrogen) atoms. The second-order valence-corrected chi connectivity index (χ2v) is 7.20. The number of para-hydroxylation sites is 1. The summed E-state index contributed by atoms with van der Waals surface area (Å²) in [4.78, 5) is 23.6. The average Bonchev–Trinajstić information content (AvgIpc) is 3.16. The Morgan fingerprint density at radius 1 is 1.10 bits per heavy atom. The molecule has 2 N–H and O–H groups in total. The van der Waals surface area contributed by atoms with E-state index >= 15 is 0 Å². The van der Waals surface area contributed by atoms with Gasteiger partial charge in [0.25, 0.3) is 0 Å². The van der Waals surface area contributed by atoms with Gasteiger partial charge in [0.2, 0.25) is 5.91 Å². The van der Waals surface area contributed by atoms with Crippen molar-refractivity contribution in [1.29, 1.82) is 0 Å². The van der Waals surface area contributed by atoms with Gasteiger partial charge in [-0.1, -0.05) is 47.6 Å². The molecule has 0 saturated heterocycles. The third kappa shape index (κ3) is 5.46. The van der Waals surface area contributed by atoms with Crippen molar-refractivity contribution in [2.45, 2.75) is 5.16 Å². The van der Waals surface area contributed by atoms with Crippen LogP contribution in [0.2, 0.25) is 5.02 Å². The number of rotatable bonds is 7. The lowest BCUT2D eigenvalue weighted by Crippen LogP contribution is -2.40. The highest BCUT2D eigenvalue weighted by molar-refractivity contribution is 7.99. The molecule has 148 valence electrons. The summed E-state index contributed by atoms with van der Waals surface area (Å²) in [6.45, 7) is 3.78. The Hall–Kier alpha value is -3.10. The maximum atomic E-state index is 12.1. The fourth-order valence-corrected chi connectivity index (χ4v) is 3.34. The van der Waals surface area contributed by atoms with Crippen molar-refractivity contribution >= 4 is 35.3 Å². The third-order valence-corrected chi connectivity index (χ3v) is 4.92. The van der Waals surface area contributed by atoms with Crippen molar-refractivity contribution in [3.05, 3.63) is 72.3 Å². The predicted octanol–water partition coefficient (Wildman–Crippen LogP) is 3.69. The van der Waals surface area contributed by atoms with Gasteiger partial charge >= 0.3 is 6.03 Å². The van der Waals surface area contributed by atoms with E-state index in [0.717, 1.165) is 11.3 Å². The molecule has 0 spiro atoms. The Morgan fingerprint density at radius 3 is 2.52 bits per heavy atom. The van der Waals surface area contributed by atoms with E-state index in [1.54, 1.807) is 12.1 Å². The molecule has 0 radical (unpaired) electrons. The summed E-state index contributed by atoms with van der Waals surface area (Å²) < 4.78 is 1.86. The molecule has 0 unspecified atom stereocenters. The molecule has 9 heteroatoms. The lowest BCUT2D eigenvalue weighted by molar-refractivity contribution is -0.117. The summed E-state index contributed by atoms with van der Waals surface area (Å²) in [5.41, 5.74) is 1.69. The second kappa shape index (κ2) is 9.90. The average molecular weight is 428 g/mol. The number of carbonyl (C=O) groups excluding carboxylic acids is 2. The van der Waals surface area contributed by atoms with Crippen LogP contribution >= 0.6 is 23.4 Å². The molecule has 0 bridgehead atoms. The Morgan fingerprint density at radius 2 is 1.83 bits per heavy atom. The summed E-state index contributed by atoms with van der Waals surface area (Å²) in [5.74, 6) is 0.194. The first-order valence-electron chi connectivity index (χ1n) is 8.66. The summed E-state index contributed by atoms with van der Waals surface area (Å²) in [6, 6.07) is 16.3. The van der Waals surface area contributed by atoms with Gasteiger partial charge in [0.15, 0.2) is 11.0 Å². The maximum Gasteiger partial charge on any atom is 0.321 e. The van der Waals surface area contributed by atoms with E-state index in [1.165, 1.54) is 17.8 Å². The Balaban J connectivity index is 1.82. The van der Waals surface area contributed by atoms with E-state index in [4.69, 9.17) is 11.6 Å². The molecule has 1 aromatic heterocycles. The zero-order chi connectivity index (χ0) is 20.6. The largest absolute Gasteiger partial charge is 0.334 e. The number of hydrogen-bond acceptors (Lipinski definition) is 5. The third-order valence-electron chi connectivity index (χ3n) is 3.74. The molecule has 2 aromatic carbocycles. The van der Waals surface area contributed by atoms with Gasteiger partial charge in [-0.2, -0.15) is 0 Å². The number of thioether (sulfide) groups is 1. The predicted molar refractivity (Wildman–Crippen MR) is 114 cm³/mol. The van der Waals surface area contributed by atoms with Gasteiger partial charge in [-0.3, -0.25) is 14.7 Å². The standard InChI is InChI=1S/C20H18ClN5O2S/c1-2-12-22-19(28)23-17(27)13-29-20-25-24-18(14-8-10-15(21)11-9-14)26(20)16-6-4-3-5-7-16/h2-11H,1,12-13H2,(H2,22,23,27,28). The summed E-state index contributed by atoms with van der Waals surface area (Å²) >= 11 is 7.17. The maximum absolute atomic E-state index is 12.1. The fraction of sp³-hybridized carbons (Fsp3) is 0.100. The van der Waals surface area contributed by atoms with Gasteiger partial charge in [0.1, 0.15) is 0 Å². The number of imide groups is 1. The number of nitrogens with one attached hydrogen (secondary N) is 2. The quantitative estimate of drug-likeness (QED) is 0.443. The van der Waals surface area contributed by atoms with Crippen molar-refractivity contribution < 1.29 is 9.59 Å². The summed E-state index contributed by atoms with van der Waals surface area (Å²) in [7, 11) is 0. The molecule has 0 aliphatic rings. The highest BCUT2D eigenvalue weighted by Crippen LogP contribution is 2.28. The summed E-state index contributed by atoms with van der Waals surface area (Å²) in [5, 5.41) is 14.4.